The van der Waals surface area contributed by atoms with E-state index in [1.54, 1.807) is 0 Å². The molecule has 1 aromatic carbocycles. The molecular formula is C19H32N2O3. The number of hydrogen-bond donors (Lipinski definition) is 1. The Morgan fingerprint density at radius 2 is 1.71 bits per heavy atom. The zero-order valence-corrected chi connectivity index (χ0v) is 15.9. The summed E-state index contributed by atoms with van der Waals surface area (Å²) in [5.41, 5.74) is 0.507. The van der Waals surface area contributed by atoms with Crippen LogP contribution < -0.4 is 4.74 Å². The van der Waals surface area contributed by atoms with E-state index in [9.17, 15) is 9.90 Å². The molecule has 0 fully saturated rings. The number of hydrogen-bond acceptors (Lipinski definition) is 3. The topological polar surface area (TPSA) is 53.0 Å². The Bertz CT molecular complexity index is 504. The van der Waals surface area contributed by atoms with Crippen molar-refractivity contribution in [3.05, 3.63) is 29.8 Å². The van der Waals surface area contributed by atoms with E-state index in [-0.39, 0.29) is 6.04 Å². The van der Waals surface area contributed by atoms with Gasteiger partial charge in [0.2, 0.25) is 0 Å². The van der Waals surface area contributed by atoms with Crippen molar-refractivity contribution >= 4 is 6.09 Å². The maximum atomic E-state index is 11.6. The molecule has 0 unspecified atom stereocenters. The molecule has 5 nitrogen and oxygen atoms in total. The van der Waals surface area contributed by atoms with Crippen LogP contribution in [0.2, 0.25) is 0 Å². The molecule has 0 saturated carbocycles. The van der Waals surface area contributed by atoms with Gasteiger partial charge in [-0.1, -0.05) is 26.0 Å². The van der Waals surface area contributed by atoms with Crippen LogP contribution in [0.3, 0.4) is 0 Å². The van der Waals surface area contributed by atoms with Gasteiger partial charge >= 0.3 is 6.09 Å². The first-order valence-electron chi connectivity index (χ1n) is 8.68. The monoisotopic (exact) mass is 336 g/mol. The van der Waals surface area contributed by atoms with E-state index < -0.39 is 11.6 Å². The van der Waals surface area contributed by atoms with Gasteiger partial charge < -0.3 is 14.7 Å². The smallest absolute Gasteiger partial charge is 0.408 e. The second kappa shape index (κ2) is 8.92. The third-order valence-electron chi connectivity index (χ3n) is 4.25. The molecule has 1 N–H and O–H groups in total. The lowest BCUT2D eigenvalue weighted by Gasteiger charge is -2.38. The maximum absolute atomic E-state index is 11.6. The predicted molar refractivity (Wildman–Crippen MR) is 97.8 cm³/mol. The second-order valence-corrected chi connectivity index (χ2v) is 6.94. The Labute approximate surface area is 146 Å². The molecule has 0 aliphatic rings. The summed E-state index contributed by atoms with van der Waals surface area (Å²) >= 11 is 0. The van der Waals surface area contributed by atoms with Crippen molar-refractivity contribution in [1.29, 1.82) is 0 Å². The lowest BCUT2D eigenvalue weighted by molar-refractivity contribution is 0.0753. The molecule has 136 valence electrons. The van der Waals surface area contributed by atoms with Gasteiger partial charge in [-0.2, -0.15) is 0 Å². The fourth-order valence-electron chi connectivity index (χ4n) is 2.86. The van der Waals surface area contributed by atoms with Crippen LogP contribution in [0, 0.1) is 0 Å². The molecule has 0 heterocycles. The molecule has 0 bridgehead atoms. The van der Waals surface area contributed by atoms with Crippen LogP contribution >= 0.6 is 0 Å². The van der Waals surface area contributed by atoms with Crippen molar-refractivity contribution in [2.45, 2.75) is 53.1 Å². The summed E-state index contributed by atoms with van der Waals surface area (Å²) in [4.78, 5) is 15.4. The highest BCUT2D eigenvalue weighted by molar-refractivity contribution is 5.66. The van der Waals surface area contributed by atoms with Crippen LogP contribution in [0.15, 0.2) is 24.3 Å². The Kier molecular flexibility index (Phi) is 7.55. The summed E-state index contributed by atoms with van der Waals surface area (Å²) in [6.07, 6.45) is -0.908. The van der Waals surface area contributed by atoms with Crippen molar-refractivity contribution in [2.24, 2.45) is 0 Å². The molecule has 0 spiro atoms. The Balaban J connectivity index is 2.71. The van der Waals surface area contributed by atoms with Crippen LogP contribution in [0.1, 0.15) is 53.1 Å². The first-order valence-corrected chi connectivity index (χ1v) is 8.68. The maximum Gasteiger partial charge on any atom is 0.408 e. The van der Waals surface area contributed by atoms with Crippen LogP contribution in [0.25, 0.3) is 0 Å². The van der Waals surface area contributed by atoms with Gasteiger partial charge in [0.15, 0.2) is 0 Å². The van der Waals surface area contributed by atoms with Gasteiger partial charge in [-0.15, -0.1) is 0 Å². The molecule has 1 aromatic rings. The lowest BCUT2D eigenvalue weighted by Crippen LogP contribution is -2.46. The van der Waals surface area contributed by atoms with E-state index >= 15 is 0 Å². The lowest BCUT2D eigenvalue weighted by atomic mass is 9.99. The van der Waals surface area contributed by atoms with E-state index in [1.165, 1.54) is 4.90 Å². The van der Waals surface area contributed by atoms with Crippen LogP contribution in [-0.2, 0) is 0 Å². The van der Waals surface area contributed by atoms with E-state index in [0.29, 0.717) is 6.61 Å². The zero-order valence-electron chi connectivity index (χ0n) is 15.9. The molecule has 1 atom stereocenters. The van der Waals surface area contributed by atoms with Gasteiger partial charge in [-0.3, -0.25) is 4.90 Å². The van der Waals surface area contributed by atoms with Crippen molar-refractivity contribution in [2.75, 3.05) is 26.2 Å². The number of amides is 1. The molecule has 0 saturated heterocycles. The quantitative estimate of drug-likeness (QED) is 0.771. The average molecular weight is 336 g/mol. The first kappa shape index (κ1) is 20.3. The van der Waals surface area contributed by atoms with Gasteiger partial charge in [0.25, 0.3) is 0 Å². The highest BCUT2D eigenvalue weighted by atomic mass is 16.5. The van der Waals surface area contributed by atoms with E-state index in [4.69, 9.17) is 4.74 Å². The Hall–Kier alpha value is -1.75. The third-order valence-corrected chi connectivity index (χ3v) is 4.25. The van der Waals surface area contributed by atoms with Gasteiger partial charge in [0, 0.05) is 12.1 Å². The second-order valence-electron chi connectivity index (χ2n) is 6.94. The van der Waals surface area contributed by atoms with Crippen molar-refractivity contribution in [3.8, 4) is 5.75 Å². The highest BCUT2D eigenvalue weighted by Crippen LogP contribution is 2.29. The van der Waals surface area contributed by atoms with Crippen LogP contribution in [0.4, 0.5) is 4.79 Å². The third kappa shape index (κ3) is 5.71. The molecule has 0 aliphatic heterocycles. The molecule has 0 radical (unpaired) electrons. The minimum Gasteiger partial charge on any atom is -0.492 e. The molecule has 0 aromatic heterocycles. The van der Waals surface area contributed by atoms with Crippen molar-refractivity contribution in [3.63, 3.8) is 0 Å². The predicted octanol–water partition coefficient (Wildman–Crippen LogP) is 4.25. The summed E-state index contributed by atoms with van der Waals surface area (Å²) in [6.45, 7) is 15.5. The van der Waals surface area contributed by atoms with Crippen LogP contribution in [-0.4, -0.2) is 52.8 Å². The van der Waals surface area contributed by atoms with Gasteiger partial charge in [-0.05, 0) is 58.5 Å². The molecule has 24 heavy (non-hydrogen) atoms. The number of likely N-dealkylation sites (N-methyl/N-ethyl adjacent to an activating group) is 1. The number of nitrogens with zero attached hydrogens (tertiary/aromatic N) is 2. The molecule has 0 aliphatic carbocycles. The molecule has 5 heteroatoms. The fraction of sp³-hybridized carbons (Fsp3) is 0.632. The van der Waals surface area contributed by atoms with Gasteiger partial charge in [-0.25, -0.2) is 4.79 Å². The largest absolute Gasteiger partial charge is 0.492 e. The standard InChI is InChI=1S/C19H32N2O3/c1-7-20(8-2)13-14-24-17-11-9-16(10-12-17)15(3)21(18(22)23)19(4,5)6/h9-12,15H,7-8,13-14H2,1-6H3,(H,22,23)/t15-/m0/s1. The van der Waals surface area contributed by atoms with Crippen molar-refractivity contribution < 1.29 is 14.6 Å². The summed E-state index contributed by atoms with van der Waals surface area (Å²) in [5.74, 6) is 0.815. The summed E-state index contributed by atoms with van der Waals surface area (Å²) in [7, 11) is 0. The van der Waals surface area contributed by atoms with Gasteiger partial charge in [0.05, 0.1) is 6.04 Å². The Morgan fingerprint density at radius 1 is 1.17 bits per heavy atom. The zero-order chi connectivity index (χ0) is 18.3. The minimum atomic E-state index is -0.908. The fourth-order valence-corrected chi connectivity index (χ4v) is 2.86. The van der Waals surface area contributed by atoms with Gasteiger partial charge in [0.1, 0.15) is 12.4 Å². The first-order chi connectivity index (χ1) is 11.2. The van der Waals surface area contributed by atoms with Crippen molar-refractivity contribution in [1.82, 2.24) is 9.80 Å². The minimum absolute atomic E-state index is 0.216. The number of carbonyl (C=O) groups is 1. The normalized spacial score (nSPS) is 13.0. The Morgan fingerprint density at radius 3 is 2.12 bits per heavy atom. The summed E-state index contributed by atoms with van der Waals surface area (Å²) in [5, 5.41) is 9.51. The molecular weight excluding hydrogens is 304 g/mol. The summed E-state index contributed by atoms with van der Waals surface area (Å²) in [6, 6.07) is 7.50. The number of benzene rings is 1. The molecule has 1 rings (SSSR count). The molecule has 1 amide bonds. The van der Waals surface area contributed by atoms with E-state index in [0.717, 1.165) is 30.9 Å². The van der Waals surface area contributed by atoms with Crippen LogP contribution in [0.5, 0.6) is 5.75 Å². The number of carboxylic acid groups (broad SMARTS) is 1. The highest BCUT2D eigenvalue weighted by Gasteiger charge is 2.31. The number of rotatable bonds is 8. The average Bonchev–Trinajstić information content (AvgIpc) is 2.50. The summed E-state index contributed by atoms with van der Waals surface area (Å²) < 4.78 is 5.78. The number of ether oxygens (including phenoxy) is 1. The van der Waals surface area contributed by atoms with E-state index in [1.807, 2.05) is 52.0 Å². The van der Waals surface area contributed by atoms with E-state index in [2.05, 4.69) is 18.7 Å². The SMILES string of the molecule is CCN(CC)CCOc1ccc([C@H](C)N(C(=O)O)C(C)(C)C)cc1.